The first kappa shape index (κ1) is 21.7. The van der Waals surface area contributed by atoms with Crippen LogP contribution in [0, 0.1) is 0 Å². The third kappa shape index (κ3) is 4.73. The molecule has 2 aromatic carbocycles. The number of thiazole rings is 1. The number of unbranched alkanes of at least 4 members (excludes halogenated alkanes) is 1. The molecule has 1 unspecified atom stereocenters. The van der Waals surface area contributed by atoms with Crippen LogP contribution in [0.15, 0.2) is 66.0 Å². The number of hydrogen-bond acceptors (Lipinski definition) is 5. The Kier molecular flexibility index (Phi) is 6.85. The number of aromatic carboxylic acids is 1. The molecule has 4 rings (SSSR count). The fraction of sp³-hybridized carbons (Fsp3) is 0.333. The van der Waals surface area contributed by atoms with E-state index in [-0.39, 0.29) is 5.69 Å². The van der Waals surface area contributed by atoms with Gasteiger partial charge < -0.3 is 14.4 Å². The Balaban J connectivity index is 1.73. The maximum Gasteiger partial charge on any atom is 0.355 e. The number of nitrogens with zero attached hydrogens (tertiary/aromatic N) is 2. The molecule has 0 bridgehead atoms. The maximum atomic E-state index is 11.4. The number of aromatic nitrogens is 1. The number of carbonyl (C=O) groups is 1. The summed E-state index contributed by atoms with van der Waals surface area (Å²) in [5.41, 5.74) is -0.345. The predicted molar refractivity (Wildman–Crippen MR) is 128 cm³/mol. The van der Waals surface area contributed by atoms with E-state index in [1.165, 1.54) is 21.7 Å². The Bertz CT molecular complexity index is 959. The molecule has 162 valence electrons. The highest BCUT2D eigenvalue weighted by molar-refractivity contribution is 7.14. The quantitative estimate of drug-likeness (QED) is 0.499. The van der Waals surface area contributed by atoms with Crippen molar-refractivity contribution in [2.45, 2.75) is 44.8 Å². The maximum absolute atomic E-state index is 11.4. The Morgan fingerprint density at radius 1 is 1.16 bits per heavy atom. The summed E-state index contributed by atoms with van der Waals surface area (Å²) in [5.74, 6) is -0.984. The second-order valence-corrected chi connectivity index (χ2v) is 11.1. The van der Waals surface area contributed by atoms with Gasteiger partial charge in [-0.2, -0.15) is 0 Å². The highest BCUT2D eigenvalue weighted by atomic mass is 32.1. The summed E-state index contributed by atoms with van der Waals surface area (Å²) in [7, 11) is -1.97. The highest BCUT2D eigenvalue weighted by Crippen LogP contribution is 2.40. The van der Waals surface area contributed by atoms with Gasteiger partial charge in [-0.15, -0.1) is 11.3 Å². The molecule has 5 nitrogen and oxygen atoms in total. The predicted octanol–water partition coefficient (Wildman–Crippen LogP) is 3.88. The van der Waals surface area contributed by atoms with Gasteiger partial charge in [0.1, 0.15) is 5.72 Å². The molecule has 1 N–H and O–H groups in total. The molecule has 0 amide bonds. The zero-order valence-corrected chi connectivity index (χ0v) is 19.7. The summed E-state index contributed by atoms with van der Waals surface area (Å²) in [6, 6.07) is 21.1. The van der Waals surface area contributed by atoms with Crippen molar-refractivity contribution >= 4 is 41.9 Å². The van der Waals surface area contributed by atoms with Gasteiger partial charge in [-0.05, 0) is 36.1 Å². The molecular formula is C24H28N2O3SSi. The number of rotatable bonds is 9. The van der Waals surface area contributed by atoms with Crippen LogP contribution in [0.5, 0.6) is 0 Å². The third-order valence-electron chi connectivity index (χ3n) is 5.85. The fourth-order valence-corrected chi connectivity index (χ4v) is 7.82. The first-order valence-corrected chi connectivity index (χ1v) is 13.4. The van der Waals surface area contributed by atoms with Crippen LogP contribution in [0.1, 0.15) is 49.5 Å². The van der Waals surface area contributed by atoms with Gasteiger partial charge in [-0.1, -0.05) is 74.0 Å². The summed E-state index contributed by atoms with van der Waals surface area (Å²) in [4.78, 5) is 18.1. The summed E-state index contributed by atoms with van der Waals surface area (Å²) in [6.07, 6.45) is 4.99. The molecule has 1 aromatic heterocycles. The number of carboxylic acid groups (broad SMARTS) is 1. The average Bonchev–Trinajstić information content (AvgIpc) is 3.45. The molecule has 1 atom stereocenters. The van der Waals surface area contributed by atoms with E-state index in [0.29, 0.717) is 0 Å². The molecule has 1 saturated heterocycles. The second kappa shape index (κ2) is 9.76. The lowest BCUT2D eigenvalue weighted by Gasteiger charge is -2.41. The second-order valence-electron chi connectivity index (χ2n) is 7.94. The van der Waals surface area contributed by atoms with Crippen LogP contribution in [0.25, 0.3) is 0 Å². The van der Waals surface area contributed by atoms with E-state index in [0.717, 1.165) is 43.8 Å². The molecule has 7 heteroatoms. The summed E-state index contributed by atoms with van der Waals surface area (Å²) < 4.78 is 7.19. The van der Waals surface area contributed by atoms with Crippen LogP contribution in [-0.4, -0.2) is 37.4 Å². The van der Waals surface area contributed by atoms with E-state index in [1.54, 1.807) is 5.38 Å². The Labute approximate surface area is 189 Å². The molecule has 0 aliphatic carbocycles. The van der Waals surface area contributed by atoms with Crippen molar-refractivity contribution in [2.24, 2.45) is 0 Å². The molecule has 31 heavy (non-hydrogen) atoms. The van der Waals surface area contributed by atoms with Gasteiger partial charge in [-0.25, -0.2) is 9.78 Å². The number of anilines is 1. The van der Waals surface area contributed by atoms with Crippen molar-refractivity contribution in [1.82, 2.24) is 4.98 Å². The van der Waals surface area contributed by atoms with Crippen LogP contribution in [0.3, 0.4) is 0 Å². The summed E-state index contributed by atoms with van der Waals surface area (Å²) in [5, 5.41) is 14.2. The van der Waals surface area contributed by atoms with E-state index in [4.69, 9.17) is 4.43 Å². The van der Waals surface area contributed by atoms with Crippen molar-refractivity contribution in [2.75, 3.05) is 11.4 Å². The number of hydrogen-bond donors (Lipinski definition) is 1. The smallest absolute Gasteiger partial charge is 0.355 e. The normalized spacial score (nSPS) is 18.6. The molecular weight excluding hydrogens is 424 g/mol. The first-order valence-electron chi connectivity index (χ1n) is 10.9. The summed E-state index contributed by atoms with van der Waals surface area (Å²) in [6.45, 7) is 3.03. The summed E-state index contributed by atoms with van der Waals surface area (Å²) >= 11 is 1.40. The highest BCUT2D eigenvalue weighted by Gasteiger charge is 2.45. The Morgan fingerprint density at radius 3 is 2.35 bits per heavy atom. The third-order valence-corrected chi connectivity index (χ3v) is 9.36. The van der Waals surface area contributed by atoms with E-state index in [2.05, 4.69) is 65.3 Å². The van der Waals surface area contributed by atoms with E-state index < -0.39 is 20.7 Å². The van der Waals surface area contributed by atoms with Gasteiger partial charge in [0.05, 0.1) is 0 Å². The molecule has 0 saturated carbocycles. The zero-order valence-electron chi connectivity index (χ0n) is 17.7. The van der Waals surface area contributed by atoms with Gasteiger partial charge in [-0.3, -0.25) is 0 Å². The molecule has 1 aliphatic rings. The van der Waals surface area contributed by atoms with Crippen molar-refractivity contribution < 1.29 is 14.3 Å². The van der Waals surface area contributed by atoms with Gasteiger partial charge in [0.15, 0.2) is 10.8 Å². The SMILES string of the molecule is CCCCC1(O[SiH](c2ccccc2)c2ccccc2)CCCN1c1nc(C(=O)O)cs1. The zero-order chi connectivity index (χ0) is 21.7. The topological polar surface area (TPSA) is 62.7 Å². The standard InChI is InChI=1S/C24H28N2O3SSi/c1-2-3-15-24(16-10-17-26(24)23-25-21(18-30-23)22(27)28)29-31(19-11-6-4-7-12-19)20-13-8-5-9-14-20/h4-9,11-14,18,31H,2-3,10,15-17H2,1H3,(H,27,28). The van der Waals surface area contributed by atoms with Crippen molar-refractivity contribution in [1.29, 1.82) is 0 Å². The van der Waals surface area contributed by atoms with Crippen molar-refractivity contribution in [3.05, 3.63) is 71.7 Å². The molecule has 3 aromatic rings. The monoisotopic (exact) mass is 452 g/mol. The van der Waals surface area contributed by atoms with Crippen LogP contribution in [0.4, 0.5) is 5.13 Å². The fourth-order valence-electron chi connectivity index (χ4n) is 4.31. The lowest BCUT2D eigenvalue weighted by Crippen LogP contribution is -2.56. The van der Waals surface area contributed by atoms with E-state index in [1.807, 2.05) is 12.1 Å². The lowest BCUT2D eigenvalue weighted by atomic mass is 10.0. The first-order chi connectivity index (χ1) is 15.1. The lowest BCUT2D eigenvalue weighted by molar-refractivity contribution is 0.0677. The number of benzene rings is 2. The number of carboxylic acids is 1. The van der Waals surface area contributed by atoms with Crippen LogP contribution >= 0.6 is 11.3 Å². The van der Waals surface area contributed by atoms with Gasteiger partial charge >= 0.3 is 5.97 Å². The molecule has 0 spiro atoms. The molecule has 0 radical (unpaired) electrons. The van der Waals surface area contributed by atoms with Gasteiger partial charge in [0, 0.05) is 11.9 Å². The van der Waals surface area contributed by atoms with Crippen LogP contribution < -0.4 is 15.3 Å². The Morgan fingerprint density at radius 2 is 1.81 bits per heavy atom. The van der Waals surface area contributed by atoms with Gasteiger partial charge in [0.25, 0.3) is 0 Å². The van der Waals surface area contributed by atoms with Crippen LogP contribution in [-0.2, 0) is 4.43 Å². The largest absolute Gasteiger partial charge is 0.476 e. The molecule has 1 aliphatic heterocycles. The average molecular weight is 453 g/mol. The van der Waals surface area contributed by atoms with E-state index in [9.17, 15) is 9.90 Å². The molecule has 1 fully saturated rings. The van der Waals surface area contributed by atoms with Crippen molar-refractivity contribution in [3.63, 3.8) is 0 Å². The van der Waals surface area contributed by atoms with Crippen LogP contribution in [0.2, 0.25) is 0 Å². The molecule has 2 heterocycles. The van der Waals surface area contributed by atoms with Crippen molar-refractivity contribution in [3.8, 4) is 0 Å². The van der Waals surface area contributed by atoms with E-state index >= 15 is 0 Å². The van der Waals surface area contributed by atoms with Gasteiger partial charge in [0.2, 0.25) is 9.04 Å². The minimum atomic E-state index is -1.97. The minimum absolute atomic E-state index is 0.108. The minimum Gasteiger partial charge on any atom is -0.476 e. The Hall–Kier alpha value is -2.48.